The van der Waals surface area contributed by atoms with Crippen molar-refractivity contribution in [2.24, 2.45) is 0 Å². The molecule has 0 atom stereocenters. The number of halogens is 1. The average molecular weight is 398 g/mol. The maximum absolute atomic E-state index is 13.0. The Balaban J connectivity index is 1.83. The Bertz CT molecular complexity index is 985. The Hall–Kier alpha value is -3.68. The van der Waals surface area contributed by atoms with Crippen LogP contribution in [0, 0.1) is 5.82 Å². The fourth-order valence-corrected chi connectivity index (χ4v) is 2.66. The first kappa shape index (κ1) is 20.1. The molecule has 2 aromatic carbocycles. The number of carbonyl (C=O) groups excluding carboxylic acids is 3. The van der Waals surface area contributed by atoms with E-state index in [1.54, 1.807) is 30.3 Å². The lowest BCUT2D eigenvalue weighted by molar-refractivity contribution is -0.129. The summed E-state index contributed by atoms with van der Waals surface area (Å²) in [6, 6.07) is 10.1. The molecule has 1 aliphatic heterocycles. The lowest BCUT2D eigenvalue weighted by Gasteiger charge is -2.22. The van der Waals surface area contributed by atoms with Crippen molar-refractivity contribution < 1.29 is 28.2 Å². The van der Waals surface area contributed by atoms with Crippen LogP contribution in [0.3, 0.4) is 0 Å². The summed E-state index contributed by atoms with van der Waals surface area (Å²) in [5.74, 6) is -0.877. The molecule has 0 radical (unpaired) electrons. The molecule has 150 valence electrons. The molecule has 0 bridgehead atoms. The van der Waals surface area contributed by atoms with Gasteiger partial charge >= 0.3 is 6.03 Å². The number of urea groups is 1. The van der Waals surface area contributed by atoms with Crippen molar-refractivity contribution in [2.45, 2.75) is 13.5 Å². The van der Waals surface area contributed by atoms with Crippen LogP contribution in [0.2, 0.25) is 0 Å². The number of imide groups is 2. The number of amides is 4. The van der Waals surface area contributed by atoms with Gasteiger partial charge < -0.3 is 9.47 Å². The number of rotatable bonds is 6. The van der Waals surface area contributed by atoms with E-state index in [-0.39, 0.29) is 18.0 Å². The van der Waals surface area contributed by atoms with E-state index < -0.39 is 17.8 Å². The summed E-state index contributed by atoms with van der Waals surface area (Å²) in [7, 11) is 1.29. The van der Waals surface area contributed by atoms with Gasteiger partial charge in [0.05, 0.1) is 6.61 Å². The number of ether oxygens (including phenoxy) is 2. The van der Waals surface area contributed by atoms with Gasteiger partial charge in [0.25, 0.3) is 11.8 Å². The lowest BCUT2D eigenvalue weighted by atomic mass is 10.1. The monoisotopic (exact) mass is 398 g/mol. The van der Waals surface area contributed by atoms with E-state index in [1.807, 2.05) is 6.92 Å². The second kappa shape index (κ2) is 8.55. The van der Waals surface area contributed by atoms with Gasteiger partial charge in [-0.25, -0.2) is 9.18 Å². The van der Waals surface area contributed by atoms with E-state index in [2.05, 4.69) is 5.32 Å². The number of hydrogen-bond donors (Lipinski definition) is 1. The van der Waals surface area contributed by atoms with Crippen LogP contribution in [-0.2, 0) is 16.2 Å². The van der Waals surface area contributed by atoms with Gasteiger partial charge in [-0.2, -0.15) is 0 Å². The SMILES string of the molecule is CCOc1cc(/C=C2/C(=O)NC(=O)N(C)C2=O)ccc1OCc1ccc(F)cc1. The molecule has 4 amide bonds. The van der Waals surface area contributed by atoms with Gasteiger partial charge in [-0.15, -0.1) is 0 Å². The lowest BCUT2D eigenvalue weighted by Crippen LogP contribution is -2.52. The third kappa shape index (κ3) is 4.60. The molecule has 0 unspecified atom stereocenters. The van der Waals surface area contributed by atoms with Crippen LogP contribution in [0.5, 0.6) is 11.5 Å². The van der Waals surface area contributed by atoms with Crippen LogP contribution in [0.15, 0.2) is 48.0 Å². The van der Waals surface area contributed by atoms with Crippen molar-refractivity contribution in [3.8, 4) is 11.5 Å². The Morgan fingerprint density at radius 2 is 1.76 bits per heavy atom. The fourth-order valence-electron chi connectivity index (χ4n) is 2.66. The Labute approximate surface area is 166 Å². The minimum atomic E-state index is -0.767. The molecule has 7 nitrogen and oxygen atoms in total. The highest BCUT2D eigenvalue weighted by Crippen LogP contribution is 2.30. The van der Waals surface area contributed by atoms with Crippen molar-refractivity contribution in [1.29, 1.82) is 0 Å². The molecule has 2 aromatic rings. The highest BCUT2D eigenvalue weighted by atomic mass is 19.1. The van der Waals surface area contributed by atoms with E-state index in [9.17, 15) is 18.8 Å². The Morgan fingerprint density at radius 3 is 2.45 bits per heavy atom. The fraction of sp³-hybridized carbons (Fsp3) is 0.190. The highest BCUT2D eigenvalue weighted by Gasteiger charge is 2.33. The summed E-state index contributed by atoms with van der Waals surface area (Å²) in [6.07, 6.45) is 1.38. The second-order valence-corrected chi connectivity index (χ2v) is 6.24. The first-order chi connectivity index (χ1) is 13.9. The third-order valence-electron chi connectivity index (χ3n) is 4.19. The van der Waals surface area contributed by atoms with Crippen LogP contribution >= 0.6 is 0 Å². The number of carbonyl (C=O) groups is 3. The van der Waals surface area contributed by atoms with Gasteiger partial charge in [-0.3, -0.25) is 19.8 Å². The predicted molar refractivity (Wildman–Crippen MR) is 103 cm³/mol. The average Bonchev–Trinajstić information content (AvgIpc) is 2.70. The molecule has 0 aromatic heterocycles. The minimum absolute atomic E-state index is 0.158. The van der Waals surface area contributed by atoms with E-state index >= 15 is 0 Å². The summed E-state index contributed by atoms with van der Waals surface area (Å²) < 4.78 is 24.4. The van der Waals surface area contributed by atoms with E-state index in [1.165, 1.54) is 25.3 Å². The van der Waals surface area contributed by atoms with Gasteiger partial charge in [0.15, 0.2) is 11.5 Å². The Kier molecular flexibility index (Phi) is 5.92. The first-order valence-electron chi connectivity index (χ1n) is 8.88. The van der Waals surface area contributed by atoms with Gasteiger partial charge in [0.1, 0.15) is 18.0 Å². The molecular formula is C21H19FN2O5. The maximum Gasteiger partial charge on any atom is 0.331 e. The van der Waals surface area contributed by atoms with Crippen molar-refractivity contribution in [3.63, 3.8) is 0 Å². The summed E-state index contributed by atoms with van der Waals surface area (Å²) in [5, 5.41) is 2.10. The minimum Gasteiger partial charge on any atom is -0.490 e. The molecule has 3 rings (SSSR count). The number of hydrogen-bond acceptors (Lipinski definition) is 5. The number of benzene rings is 2. The molecule has 0 aliphatic carbocycles. The summed E-state index contributed by atoms with van der Waals surface area (Å²) in [4.78, 5) is 36.5. The Morgan fingerprint density at radius 1 is 1.03 bits per heavy atom. The molecule has 29 heavy (non-hydrogen) atoms. The van der Waals surface area contributed by atoms with Crippen LogP contribution in [-0.4, -0.2) is 36.4 Å². The van der Waals surface area contributed by atoms with Crippen LogP contribution in [0.25, 0.3) is 6.08 Å². The zero-order valence-electron chi connectivity index (χ0n) is 15.9. The van der Waals surface area contributed by atoms with Gasteiger partial charge in [0, 0.05) is 7.05 Å². The van der Waals surface area contributed by atoms with Gasteiger partial charge in [-0.1, -0.05) is 18.2 Å². The van der Waals surface area contributed by atoms with Crippen molar-refractivity contribution in [1.82, 2.24) is 10.2 Å². The second-order valence-electron chi connectivity index (χ2n) is 6.24. The number of likely N-dealkylation sites (N-methyl/N-ethyl adjacent to an activating group) is 1. The summed E-state index contributed by atoms with van der Waals surface area (Å²) >= 11 is 0. The van der Waals surface area contributed by atoms with E-state index in [0.717, 1.165) is 10.5 Å². The third-order valence-corrected chi connectivity index (χ3v) is 4.19. The number of nitrogens with one attached hydrogen (secondary N) is 1. The molecule has 1 N–H and O–H groups in total. The zero-order chi connectivity index (χ0) is 21.0. The standard InChI is InChI=1S/C21H19FN2O5/c1-3-28-18-11-14(10-16-19(25)23-21(27)24(2)20(16)26)6-9-17(18)29-12-13-4-7-15(22)8-5-13/h4-11H,3,12H2,1-2H3,(H,23,25,27)/b16-10-. The topological polar surface area (TPSA) is 84.9 Å². The molecule has 1 saturated heterocycles. The number of barbiturate groups is 1. The zero-order valence-corrected chi connectivity index (χ0v) is 15.9. The molecule has 0 saturated carbocycles. The molecule has 1 fully saturated rings. The van der Waals surface area contributed by atoms with Crippen molar-refractivity contribution in [3.05, 3.63) is 65.0 Å². The van der Waals surface area contributed by atoms with Crippen LogP contribution in [0.4, 0.5) is 9.18 Å². The summed E-state index contributed by atoms with van der Waals surface area (Å²) in [6.45, 7) is 2.41. The highest BCUT2D eigenvalue weighted by molar-refractivity contribution is 6.30. The molecule has 1 heterocycles. The quantitative estimate of drug-likeness (QED) is 0.597. The van der Waals surface area contributed by atoms with Crippen LogP contribution in [0.1, 0.15) is 18.1 Å². The number of nitrogens with zero attached hydrogens (tertiary/aromatic N) is 1. The van der Waals surface area contributed by atoms with Crippen LogP contribution < -0.4 is 14.8 Å². The van der Waals surface area contributed by atoms with E-state index in [0.29, 0.717) is 23.7 Å². The smallest absolute Gasteiger partial charge is 0.331 e. The molecule has 8 heteroatoms. The maximum atomic E-state index is 13.0. The normalized spacial score (nSPS) is 15.5. The largest absolute Gasteiger partial charge is 0.490 e. The van der Waals surface area contributed by atoms with Crippen molar-refractivity contribution in [2.75, 3.05) is 13.7 Å². The van der Waals surface area contributed by atoms with Gasteiger partial charge in [-0.05, 0) is 48.4 Å². The van der Waals surface area contributed by atoms with Gasteiger partial charge in [0.2, 0.25) is 0 Å². The summed E-state index contributed by atoms with van der Waals surface area (Å²) in [5.41, 5.74) is 1.16. The predicted octanol–water partition coefficient (Wildman–Crippen LogP) is 2.90. The molecule has 1 aliphatic rings. The molecule has 0 spiro atoms. The molecular weight excluding hydrogens is 379 g/mol. The van der Waals surface area contributed by atoms with E-state index in [4.69, 9.17) is 9.47 Å². The first-order valence-corrected chi connectivity index (χ1v) is 8.88. The van der Waals surface area contributed by atoms with Crippen molar-refractivity contribution >= 4 is 23.9 Å².